The van der Waals surface area contributed by atoms with E-state index in [1.807, 2.05) is 25.1 Å². The van der Waals surface area contributed by atoms with E-state index in [-0.39, 0.29) is 29.8 Å². The summed E-state index contributed by atoms with van der Waals surface area (Å²) in [4.78, 5) is 25.5. The fourth-order valence-corrected chi connectivity index (χ4v) is 6.98. The molecule has 0 aromatic heterocycles. The van der Waals surface area contributed by atoms with Crippen LogP contribution in [-0.2, 0) is 14.3 Å². The molecule has 0 atom stereocenters. The largest absolute Gasteiger partial charge is 0.455 e. The van der Waals surface area contributed by atoms with Gasteiger partial charge < -0.3 is 10.1 Å². The number of hydrogen-bond acceptors (Lipinski definition) is 4. The molecule has 0 unspecified atom stereocenters. The standard InChI is InChI=1S/C21H26BrNO3S/c1-13-4-17(22)2-3-18(13)27-12-20(25)26-11-19(24)23-21-8-14-5-15(9-21)7-16(6-14)10-21/h2-4,14-16H,5-12H2,1H3,(H,23,24). The van der Waals surface area contributed by atoms with Crippen LogP contribution in [0.25, 0.3) is 0 Å². The Morgan fingerprint density at radius 2 is 1.81 bits per heavy atom. The van der Waals surface area contributed by atoms with Crippen LogP contribution in [0.5, 0.6) is 0 Å². The fourth-order valence-electron chi connectivity index (χ4n) is 5.69. The minimum atomic E-state index is -0.344. The second-order valence-corrected chi connectivity index (χ2v) is 10.5. The van der Waals surface area contributed by atoms with E-state index in [2.05, 4.69) is 21.2 Å². The number of esters is 1. The van der Waals surface area contributed by atoms with Crippen LogP contribution in [0.4, 0.5) is 0 Å². The summed E-state index contributed by atoms with van der Waals surface area (Å²) < 4.78 is 6.24. The molecule has 4 bridgehead atoms. The van der Waals surface area contributed by atoms with Gasteiger partial charge in [0.2, 0.25) is 0 Å². The molecule has 27 heavy (non-hydrogen) atoms. The highest BCUT2D eigenvalue weighted by atomic mass is 79.9. The molecule has 0 spiro atoms. The second kappa shape index (κ2) is 7.78. The van der Waals surface area contributed by atoms with E-state index >= 15 is 0 Å². The summed E-state index contributed by atoms with van der Waals surface area (Å²) in [6, 6.07) is 5.96. The highest BCUT2D eigenvalue weighted by molar-refractivity contribution is 9.10. The first kappa shape index (κ1) is 19.3. The van der Waals surface area contributed by atoms with Crippen molar-refractivity contribution < 1.29 is 14.3 Å². The van der Waals surface area contributed by atoms with Crippen LogP contribution < -0.4 is 5.32 Å². The fraction of sp³-hybridized carbons (Fsp3) is 0.619. The molecule has 0 radical (unpaired) electrons. The summed E-state index contributed by atoms with van der Waals surface area (Å²) in [5.41, 5.74) is 1.09. The van der Waals surface area contributed by atoms with Gasteiger partial charge in [-0.25, -0.2) is 0 Å². The molecule has 1 aromatic carbocycles. The van der Waals surface area contributed by atoms with Gasteiger partial charge in [0.05, 0.1) is 5.75 Å². The lowest BCUT2D eigenvalue weighted by Crippen LogP contribution is -2.60. The molecule has 146 valence electrons. The molecule has 6 heteroatoms. The Hall–Kier alpha value is -1.01. The van der Waals surface area contributed by atoms with E-state index in [4.69, 9.17) is 4.74 Å². The average Bonchev–Trinajstić information content (AvgIpc) is 2.57. The molecular formula is C21H26BrNO3S. The first-order valence-corrected chi connectivity index (χ1v) is 11.5. The Balaban J connectivity index is 1.23. The summed E-state index contributed by atoms with van der Waals surface area (Å²) in [6.07, 6.45) is 7.36. The van der Waals surface area contributed by atoms with Crippen LogP contribution in [-0.4, -0.2) is 29.8 Å². The average molecular weight is 452 g/mol. The van der Waals surface area contributed by atoms with Gasteiger partial charge in [-0.15, -0.1) is 11.8 Å². The van der Waals surface area contributed by atoms with E-state index in [1.54, 1.807) is 0 Å². The van der Waals surface area contributed by atoms with Gasteiger partial charge in [-0.3, -0.25) is 9.59 Å². The Kier molecular flexibility index (Phi) is 5.57. The predicted molar refractivity (Wildman–Crippen MR) is 110 cm³/mol. The van der Waals surface area contributed by atoms with Gasteiger partial charge in [0.25, 0.3) is 5.91 Å². The number of halogens is 1. The lowest BCUT2D eigenvalue weighted by atomic mass is 9.53. The monoisotopic (exact) mass is 451 g/mol. The minimum absolute atomic E-state index is 0.0263. The zero-order chi connectivity index (χ0) is 19.0. The van der Waals surface area contributed by atoms with E-state index in [0.717, 1.165) is 51.9 Å². The van der Waals surface area contributed by atoms with Gasteiger partial charge in [0.1, 0.15) is 0 Å². The molecular weight excluding hydrogens is 426 g/mol. The first-order valence-electron chi connectivity index (χ1n) is 9.76. The van der Waals surface area contributed by atoms with Crippen molar-refractivity contribution in [2.24, 2.45) is 17.8 Å². The number of amides is 1. The van der Waals surface area contributed by atoms with Crippen molar-refractivity contribution in [3.05, 3.63) is 28.2 Å². The lowest BCUT2D eigenvalue weighted by molar-refractivity contribution is -0.147. The van der Waals surface area contributed by atoms with Crippen LogP contribution in [0.3, 0.4) is 0 Å². The molecule has 0 heterocycles. The number of thioether (sulfide) groups is 1. The molecule has 0 saturated heterocycles. The van der Waals surface area contributed by atoms with E-state index in [0.29, 0.717) is 0 Å². The highest BCUT2D eigenvalue weighted by Gasteiger charge is 2.51. The van der Waals surface area contributed by atoms with Crippen LogP contribution in [0.15, 0.2) is 27.6 Å². The van der Waals surface area contributed by atoms with Crippen LogP contribution in [0.1, 0.15) is 44.1 Å². The summed E-state index contributed by atoms with van der Waals surface area (Å²) in [7, 11) is 0. The molecule has 4 fully saturated rings. The number of rotatable bonds is 6. The maximum atomic E-state index is 12.4. The minimum Gasteiger partial charge on any atom is -0.455 e. The summed E-state index contributed by atoms with van der Waals surface area (Å²) in [5, 5.41) is 3.24. The molecule has 4 saturated carbocycles. The Labute approximate surface area is 173 Å². The van der Waals surface area contributed by atoms with Crippen molar-refractivity contribution in [2.45, 2.75) is 55.9 Å². The molecule has 4 aliphatic carbocycles. The van der Waals surface area contributed by atoms with Crippen LogP contribution in [0.2, 0.25) is 0 Å². The van der Waals surface area contributed by atoms with E-state index < -0.39 is 0 Å². The third-order valence-corrected chi connectivity index (χ3v) is 7.93. The topological polar surface area (TPSA) is 55.4 Å². The number of ether oxygens (including phenoxy) is 1. The molecule has 0 aliphatic heterocycles. The molecule has 5 rings (SSSR count). The van der Waals surface area contributed by atoms with Crippen molar-refractivity contribution in [3.8, 4) is 0 Å². The molecule has 4 aliphatic rings. The van der Waals surface area contributed by atoms with Crippen molar-refractivity contribution >= 4 is 39.6 Å². The normalized spacial score (nSPS) is 31.0. The van der Waals surface area contributed by atoms with Gasteiger partial charge in [0.15, 0.2) is 6.61 Å². The first-order chi connectivity index (χ1) is 12.9. The van der Waals surface area contributed by atoms with Crippen LogP contribution in [0, 0.1) is 24.7 Å². The number of benzene rings is 1. The van der Waals surface area contributed by atoms with E-state index in [1.165, 1.54) is 31.0 Å². The van der Waals surface area contributed by atoms with Crippen LogP contribution >= 0.6 is 27.7 Å². The van der Waals surface area contributed by atoms with Crippen molar-refractivity contribution in [2.75, 3.05) is 12.4 Å². The van der Waals surface area contributed by atoms with Gasteiger partial charge >= 0.3 is 5.97 Å². The smallest absolute Gasteiger partial charge is 0.316 e. The number of carbonyl (C=O) groups excluding carboxylic acids is 2. The Morgan fingerprint density at radius 1 is 1.19 bits per heavy atom. The Morgan fingerprint density at radius 3 is 2.41 bits per heavy atom. The maximum Gasteiger partial charge on any atom is 0.316 e. The van der Waals surface area contributed by atoms with Crippen molar-refractivity contribution in [1.82, 2.24) is 5.32 Å². The summed E-state index contributed by atoms with van der Waals surface area (Å²) in [5.74, 6) is 2.07. The van der Waals surface area contributed by atoms with Gasteiger partial charge in [-0.1, -0.05) is 15.9 Å². The second-order valence-electron chi connectivity index (χ2n) is 8.61. The third-order valence-electron chi connectivity index (χ3n) is 6.29. The van der Waals surface area contributed by atoms with Gasteiger partial charge in [0, 0.05) is 14.9 Å². The zero-order valence-corrected chi connectivity index (χ0v) is 18.0. The van der Waals surface area contributed by atoms with Crippen molar-refractivity contribution in [3.63, 3.8) is 0 Å². The molecule has 4 nitrogen and oxygen atoms in total. The number of nitrogens with one attached hydrogen (secondary N) is 1. The third kappa shape index (κ3) is 4.53. The highest BCUT2D eigenvalue weighted by Crippen LogP contribution is 2.55. The maximum absolute atomic E-state index is 12.4. The molecule has 1 amide bonds. The SMILES string of the molecule is Cc1cc(Br)ccc1SCC(=O)OCC(=O)NC12CC3CC(CC(C3)C1)C2. The van der Waals surface area contributed by atoms with E-state index in [9.17, 15) is 9.59 Å². The quantitative estimate of drug-likeness (QED) is 0.511. The Bertz CT molecular complexity index is 716. The summed E-state index contributed by atoms with van der Waals surface area (Å²) >= 11 is 4.88. The number of hydrogen-bond donors (Lipinski definition) is 1. The summed E-state index contributed by atoms with van der Waals surface area (Å²) in [6.45, 7) is 1.85. The van der Waals surface area contributed by atoms with Gasteiger partial charge in [-0.2, -0.15) is 0 Å². The zero-order valence-electron chi connectivity index (χ0n) is 15.6. The predicted octanol–water partition coefficient (Wildman–Crippen LogP) is 4.48. The van der Waals surface area contributed by atoms with Gasteiger partial charge in [-0.05, 0) is 87.0 Å². The van der Waals surface area contributed by atoms with Crippen molar-refractivity contribution in [1.29, 1.82) is 0 Å². The lowest BCUT2D eigenvalue weighted by Gasteiger charge is -2.56. The number of carbonyl (C=O) groups is 2. The molecule has 1 aromatic rings. The molecule has 1 N–H and O–H groups in total. The number of aryl methyl sites for hydroxylation is 1.